The molecule has 5 heteroatoms. The van der Waals surface area contributed by atoms with E-state index in [1.807, 2.05) is 30.3 Å². The smallest absolute Gasteiger partial charge is 0.323 e. The SMILES string of the molecule is COc1ccccc1-c1ccc2[nH]c(=O)[nH]c2c1C#N. The van der Waals surface area contributed by atoms with Gasteiger partial charge in [0.2, 0.25) is 0 Å². The number of nitrogens with one attached hydrogen (secondary N) is 2. The number of H-pyrrole nitrogens is 2. The van der Waals surface area contributed by atoms with Gasteiger partial charge in [-0.25, -0.2) is 4.79 Å². The van der Waals surface area contributed by atoms with Crippen molar-refractivity contribution in [1.29, 1.82) is 5.26 Å². The molecule has 3 rings (SSSR count). The number of imidazole rings is 1. The van der Waals surface area contributed by atoms with Gasteiger partial charge in [-0.05, 0) is 12.1 Å². The van der Waals surface area contributed by atoms with Crippen LogP contribution in [0.2, 0.25) is 0 Å². The summed E-state index contributed by atoms with van der Waals surface area (Å²) >= 11 is 0. The highest BCUT2D eigenvalue weighted by Gasteiger charge is 2.14. The van der Waals surface area contributed by atoms with E-state index in [1.54, 1.807) is 13.2 Å². The average molecular weight is 265 g/mol. The summed E-state index contributed by atoms with van der Waals surface area (Å²) in [4.78, 5) is 16.7. The standard InChI is InChI=1S/C15H11N3O2/c1-20-13-5-3-2-4-10(13)9-6-7-12-14(11(9)8-16)18-15(19)17-12/h2-7H,1H3,(H2,17,18,19). The molecule has 98 valence electrons. The lowest BCUT2D eigenvalue weighted by molar-refractivity contribution is 0.416. The highest BCUT2D eigenvalue weighted by Crippen LogP contribution is 2.34. The first-order valence-electron chi connectivity index (χ1n) is 6.03. The van der Waals surface area contributed by atoms with Crippen molar-refractivity contribution in [3.05, 3.63) is 52.4 Å². The molecular formula is C15H11N3O2. The summed E-state index contributed by atoms with van der Waals surface area (Å²) < 4.78 is 5.33. The van der Waals surface area contributed by atoms with Gasteiger partial charge in [0.1, 0.15) is 11.8 Å². The zero-order chi connectivity index (χ0) is 14.1. The summed E-state index contributed by atoms with van der Waals surface area (Å²) in [5.41, 5.74) is 2.77. The van der Waals surface area contributed by atoms with Crippen molar-refractivity contribution in [3.8, 4) is 22.9 Å². The Balaban J connectivity index is 2.37. The molecule has 5 nitrogen and oxygen atoms in total. The van der Waals surface area contributed by atoms with Gasteiger partial charge in [0.05, 0.1) is 23.7 Å². The first-order valence-corrected chi connectivity index (χ1v) is 6.03. The molecule has 2 N–H and O–H groups in total. The van der Waals surface area contributed by atoms with Gasteiger partial charge in [-0.2, -0.15) is 5.26 Å². The van der Waals surface area contributed by atoms with E-state index in [4.69, 9.17) is 4.74 Å². The van der Waals surface area contributed by atoms with Crippen LogP contribution in [0.4, 0.5) is 0 Å². The number of hydrogen-bond donors (Lipinski definition) is 2. The molecule has 0 aliphatic carbocycles. The number of aromatic nitrogens is 2. The number of ether oxygens (including phenoxy) is 1. The maximum atomic E-state index is 11.4. The van der Waals surface area contributed by atoms with E-state index in [-0.39, 0.29) is 5.69 Å². The minimum absolute atomic E-state index is 0.325. The van der Waals surface area contributed by atoms with Crippen LogP contribution in [0.5, 0.6) is 5.75 Å². The molecule has 0 atom stereocenters. The molecule has 0 bridgehead atoms. The van der Waals surface area contributed by atoms with Crippen molar-refractivity contribution in [1.82, 2.24) is 9.97 Å². The molecule has 0 radical (unpaired) electrons. The molecule has 0 unspecified atom stereocenters. The second-order valence-electron chi connectivity index (χ2n) is 4.30. The van der Waals surface area contributed by atoms with Gasteiger partial charge in [0, 0.05) is 11.1 Å². The zero-order valence-corrected chi connectivity index (χ0v) is 10.7. The van der Waals surface area contributed by atoms with Crippen LogP contribution in [0, 0.1) is 11.3 Å². The van der Waals surface area contributed by atoms with Crippen molar-refractivity contribution in [2.45, 2.75) is 0 Å². The number of methoxy groups -OCH3 is 1. The molecule has 2 aromatic carbocycles. The predicted molar refractivity (Wildman–Crippen MR) is 75.6 cm³/mol. The summed E-state index contributed by atoms with van der Waals surface area (Å²) in [5, 5.41) is 9.42. The van der Waals surface area contributed by atoms with Crippen LogP contribution in [-0.2, 0) is 0 Å². The van der Waals surface area contributed by atoms with Crippen molar-refractivity contribution in [2.24, 2.45) is 0 Å². The fourth-order valence-electron chi connectivity index (χ4n) is 2.31. The van der Waals surface area contributed by atoms with E-state index < -0.39 is 0 Å². The molecule has 0 saturated heterocycles. The lowest BCUT2D eigenvalue weighted by Crippen LogP contribution is -1.99. The Morgan fingerprint density at radius 2 is 1.90 bits per heavy atom. The fourth-order valence-corrected chi connectivity index (χ4v) is 2.31. The summed E-state index contributed by atoms with van der Waals surface area (Å²) in [7, 11) is 1.58. The Morgan fingerprint density at radius 3 is 2.65 bits per heavy atom. The number of nitriles is 1. The number of fused-ring (bicyclic) bond motifs is 1. The zero-order valence-electron chi connectivity index (χ0n) is 10.7. The van der Waals surface area contributed by atoms with E-state index >= 15 is 0 Å². The van der Waals surface area contributed by atoms with Gasteiger partial charge in [-0.3, -0.25) is 0 Å². The number of para-hydroxylation sites is 1. The third-order valence-electron chi connectivity index (χ3n) is 3.20. The minimum atomic E-state index is -0.325. The molecule has 0 amide bonds. The Bertz CT molecular complexity index is 884. The van der Waals surface area contributed by atoms with E-state index in [1.165, 1.54) is 0 Å². The molecule has 0 spiro atoms. The molecular weight excluding hydrogens is 254 g/mol. The first kappa shape index (κ1) is 12.1. The molecule has 0 aliphatic heterocycles. The van der Waals surface area contributed by atoms with Crippen molar-refractivity contribution in [3.63, 3.8) is 0 Å². The van der Waals surface area contributed by atoms with Gasteiger partial charge >= 0.3 is 5.69 Å². The van der Waals surface area contributed by atoms with Crippen LogP contribution in [0.3, 0.4) is 0 Å². The van der Waals surface area contributed by atoms with Gasteiger partial charge in [0.25, 0.3) is 0 Å². The maximum absolute atomic E-state index is 11.4. The van der Waals surface area contributed by atoms with Crippen LogP contribution < -0.4 is 10.4 Å². The monoisotopic (exact) mass is 265 g/mol. The Labute approximate surface area is 114 Å². The lowest BCUT2D eigenvalue weighted by atomic mass is 9.98. The molecule has 0 fully saturated rings. The van der Waals surface area contributed by atoms with E-state index in [0.717, 1.165) is 11.1 Å². The van der Waals surface area contributed by atoms with Gasteiger partial charge in [0.15, 0.2) is 0 Å². The largest absolute Gasteiger partial charge is 0.496 e. The third kappa shape index (κ3) is 1.75. The number of nitrogens with zero attached hydrogens (tertiary/aromatic N) is 1. The first-order chi connectivity index (χ1) is 9.74. The van der Waals surface area contributed by atoms with Crippen LogP contribution in [0.15, 0.2) is 41.2 Å². The Kier molecular flexibility index (Phi) is 2.77. The van der Waals surface area contributed by atoms with Crippen molar-refractivity contribution in [2.75, 3.05) is 7.11 Å². The Morgan fingerprint density at radius 1 is 1.10 bits per heavy atom. The summed E-state index contributed by atoms with van der Waals surface area (Å²) in [6.45, 7) is 0. The van der Waals surface area contributed by atoms with Crippen LogP contribution in [0.1, 0.15) is 5.56 Å². The summed E-state index contributed by atoms with van der Waals surface area (Å²) in [5.74, 6) is 0.682. The number of hydrogen-bond acceptors (Lipinski definition) is 3. The minimum Gasteiger partial charge on any atom is -0.496 e. The van der Waals surface area contributed by atoms with Gasteiger partial charge < -0.3 is 14.7 Å². The predicted octanol–water partition coefficient (Wildman–Crippen LogP) is 2.40. The van der Waals surface area contributed by atoms with Gasteiger partial charge in [-0.15, -0.1) is 0 Å². The normalized spacial score (nSPS) is 10.4. The van der Waals surface area contributed by atoms with Crippen molar-refractivity contribution < 1.29 is 4.74 Å². The second kappa shape index (κ2) is 4.59. The van der Waals surface area contributed by atoms with E-state index in [0.29, 0.717) is 22.3 Å². The maximum Gasteiger partial charge on any atom is 0.323 e. The second-order valence-corrected chi connectivity index (χ2v) is 4.30. The summed E-state index contributed by atoms with van der Waals surface area (Å²) in [6.07, 6.45) is 0. The number of benzene rings is 2. The fraction of sp³-hybridized carbons (Fsp3) is 0.0667. The highest BCUT2D eigenvalue weighted by atomic mass is 16.5. The number of rotatable bonds is 2. The lowest BCUT2D eigenvalue weighted by Gasteiger charge is -2.10. The quantitative estimate of drug-likeness (QED) is 0.746. The van der Waals surface area contributed by atoms with Crippen LogP contribution >= 0.6 is 0 Å². The number of aromatic amines is 2. The van der Waals surface area contributed by atoms with E-state index in [9.17, 15) is 10.1 Å². The van der Waals surface area contributed by atoms with Crippen molar-refractivity contribution >= 4 is 11.0 Å². The van der Waals surface area contributed by atoms with Gasteiger partial charge in [-0.1, -0.05) is 24.3 Å². The van der Waals surface area contributed by atoms with Crippen LogP contribution in [0.25, 0.3) is 22.2 Å². The average Bonchev–Trinajstić information content (AvgIpc) is 2.86. The third-order valence-corrected chi connectivity index (χ3v) is 3.20. The highest BCUT2D eigenvalue weighted by molar-refractivity contribution is 5.90. The molecule has 0 aliphatic rings. The molecule has 0 saturated carbocycles. The summed E-state index contributed by atoms with van der Waals surface area (Å²) in [6, 6.07) is 13.2. The Hall–Kier alpha value is -3.00. The molecule has 1 aromatic heterocycles. The van der Waals surface area contributed by atoms with E-state index in [2.05, 4.69) is 16.0 Å². The molecule has 20 heavy (non-hydrogen) atoms. The molecule has 3 aromatic rings. The molecule has 1 heterocycles. The topological polar surface area (TPSA) is 81.7 Å². The van der Waals surface area contributed by atoms with Crippen LogP contribution in [-0.4, -0.2) is 17.1 Å².